The second-order valence-electron chi connectivity index (χ2n) is 2.46. The van der Waals surface area contributed by atoms with Crippen LogP contribution < -0.4 is 5.32 Å². The molecule has 0 rings (SSSR count). The van der Waals surface area contributed by atoms with Crippen molar-refractivity contribution in [2.45, 2.75) is 40.2 Å². The number of hydrogen-bond acceptors (Lipinski definition) is 2. The molecule has 2 N–H and O–H groups in total. The number of aliphatic carboxylic acids is 1. The van der Waals surface area contributed by atoms with Gasteiger partial charge in [-0.05, 0) is 20.4 Å². The van der Waals surface area contributed by atoms with Gasteiger partial charge in [-0.25, -0.2) is 0 Å². The van der Waals surface area contributed by atoms with Crippen molar-refractivity contribution in [2.75, 3.05) is 6.54 Å². The molecular weight excluding hydrogens is 142 g/mol. The molecule has 0 saturated heterocycles. The maximum absolute atomic E-state index is 10.3. The zero-order valence-electron chi connectivity index (χ0n) is 8.06. The van der Waals surface area contributed by atoms with Gasteiger partial charge in [0, 0.05) is 0 Å². The highest BCUT2D eigenvalue weighted by atomic mass is 16.4. The van der Waals surface area contributed by atoms with Gasteiger partial charge >= 0.3 is 5.97 Å². The smallest absolute Gasteiger partial charge is 0.323 e. The van der Waals surface area contributed by atoms with Crippen molar-refractivity contribution in [3.8, 4) is 0 Å². The minimum absolute atomic E-state index is 0.680. The van der Waals surface area contributed by atoms with E-state index in [9.17, 15) is 4.79 Å². The van der Waals surface area contributed by atoms with Crippen LogP contribution in [0.5, 0.6) is 0 Å². The first-order chi connectivity index (χ1) is 5.00. The molecule has 0 heterocycles. The minimum atomic E-state index is -0.815. The number of likely N-dealkylation sites (N-methyl/N-ethyl adjacent to an activating group) is 1. The molecule has 0 saturated carbocycles. The van der Waals surface area contributed by atoms with Gasteiger partial charge in [-0.15, -0.1) is 0 Å². The molecule has 68 valence electrons. The van der Waals surface area contributed by atoms with Crippen molar-refractivity contribution in [3.63, 3.8) is 0 Å². The fourth-order valence-electron chi connectivity index (χ4n) is 0.518. The van der Waals surface area contributed by atoms with E-state index >= 15 is 0 Å². The fraction of sp³-hybridized carbons (Fsp3) is 0.875. The van der Waals surface area contributed by atoms with Gasteiger partial charge < -0.3 is 10.4 Å². The molecule has 3 heteroatoms. The van der Waals surface area contributed by atoms with E-state index in [4.69, 9.17) is 5.11 Å². The highest BCUT2D eigenvalue weighted by molar-refractivity contribution is 5.77. The Hall–Kier alpha value is -0.570. The van der Waals surface area contributed by atoms with Gasteiger partial charge in [0.1, 0.15) is 5.54 Å². The molecule has 0 aromatic carbocycles. The lowest BCUT2D eigenvalue weighted by Gasteiger charge is -2.19. The molecule has 0 spiro atoms. The van der Waals surface area contributed by atoms with Gasteiger partial charge in [0.25, 0.3) is 0 Å². The molecule has 0 fully saturated rings. The molecular formula is C8H19NO2. The van der Waals surface area contributed by atoms with Gasteiger partial charge in [-0.3, -0.25) is 4.79 Å². The van der Waals surface area contributed by atoms with Crippen LogP contribution >= 0.6 is 0 Å². The first-order valence-corrected chi connectivity index (χ1v) is 3.99. The van der Waals surface area contributed by atoms with Crippen molar-refractivity contribution in [1.82, 2.24) is 5.32 Å². The van der Waals surface area contributed by atoms with Crippen LogP contribution in [-0.2, 0) is 4.79 Å². The van der Waals surface area contributed by atoms with Crippen molar-refractivity contribution in [3.05, 3.63) is 0 Å². The predicted octanol–water partition coefficient (Wildman–Crippen LogP) is 1.49. The number of nitrogens with one attached hydrogen (secondary N) is 1. The maximum atomic E-state index is 10.3. The third-order valence-electron chi connectivity index (χ3n) is 1.15. The quantitative estimate of drug-likeness (QED) is 0.659. The summed E-state index contributed by atoms with van der Waals surface area (Å²) in [5.74, 6) is -0.815. The van der Waals surface area contributed by atoms with Crippen molar-refractivity contribution in [2.24, 2.45) is 0 Å². The van der Waals surface area contributed by atoms with Crippen LogP contribution in [-0.4, -0.2) is 23.2 Å². The molecule has 0 radical (unpaired) electrons. The topological polar surface area (TPSA) is 49.3 Å². The molecule has 0 bridgehead atoms. The number of carboxylic acids is 1. The maximum Gasteiger partial charge on any atom is 0.323 e. The van der Waals surface area contributed by atoms with E-state index in [-0.39, 0.29) is 0 Å². The van der Waals surface area contributed by atoms with Gasteiger partial charge in [-0.1, -0.05) is 20.8 Å². The summed E-state index contributed by atoms with van der Waals surface area (Å²) >= 11 is 0. The average molecular weight is 161 g/mol. The van der Waals surface area contributed by atoms with E-state index in [1.807, 2.05) is 20.8 Å². The minimum Gasteiger partial charge on any atom is -0.480 e. The normalized spacial score (nSPS) is 9.91. The van der Waals surface area contributed by atoms with Gasteiger partial charge in [0.15, 0.2) is 0 Å². The molecule has 11 heavy (non-hydrogen) atoms. The van der Waals surface area contributed by atoms with Crippen LogP contribution in [0.25, 0.3) is 0 Å². The van der Waals surface area contributed by atoms with E-state index in [0.717, 1.165) is 0 Å². The van der Waals surface area contributed by atoms with Crippen molar-refractivity contribution >= 4 is 5.97 Å². The molecule has 3 nitrogen and oxygen atoms in total. The van der Waals surface area contributed by atoms with Crippen LogP contribution in [0.2, 0.25) is 0 Å². The Labute approximate surface area is 68.8 Å². The lowest BCUT2D eigenvalue weighted by molar-refractivity contribution is -0.143. The van der Waals surface area contributed by atoms with E-state index in [1.165, 1.54) is 0 Å². The Bertz CT molecular complexity index is 111. The number of hydrogen-bond donors (Lipinski definition) is 2. The Kier molecular flexibility index (Phi) is 7.31. The molecule has 0 atom stereocenters. The first kappa shape index (κ1) is 13.1. The molecule has 0 aliphatic heterocycles. The van der Waals surface area contributed by atoms with Crippen LogP contribution in [0.1, 0.15) is 34.6 Å². The number of rotatable bonds is 3. The van der Waals surface area contributed by atoms with E-state index in [0.29, 0.717) is 6.54 Å². The largest absolute Gasteiger partial charge is 0.480 e. The van der Waals surface area contributed by atoms with Crippen LogP contribution in [0.15, 0.2) is 0 Å². The Morgan fingerprint density at radius 3 is 1.91 bits per heavy atom. The molecule has 0 unspecified atom stereocenters. The second kappa shape index (κ2) is 6.16. The lowest BCUT2D eigenvalue weighted by atomic mass is 10.1. The summed E-state index contributed by atoms with van der Waals surface area (Å²) in [5, 5.41) is 11.3. The molecule has 0 aromatic rings. The lowest BCUT2D eigenvalue weighted by Crippen LogP contribution is -2.46. The van der Waals surface area contributed by atoms with Gasteiger partial charge in [0.2, 0.25) is 0 Å². The molecule has 0 aliphatic rings. The third kappa shape index (κ3) is 5.85. The molecule has 0 aliphatic carbocycles. The van der Waals surface area contributed by atoms with Crippen molar-refractivity contribution in [1.29, 1.82) is 0 Å². The zero-order chi connectivity index (χ0) is 9.49. The monoisotopic (exact) mass is 161 g/mol. The van der Waals surface area contributed by atoms with E-state index < -0.39 is 11.5 Å². The number of carbonyl (C=O) groups is 1. The summed E-state index contributed by atoms with van der Waals surface area (Å²) in [5.41, 5.74) is -0.783. The summed E-state index contributed by atoms with van der Waals surface area (Å²) in [6, 6.07) is 0. The second-order valence-corrected chi connectivity index (χ2v) is 2.46. The predicted molar refractivity (Wildman–Crippen MR) is 46.7 cm³/mol. The van der Waals surface area contributed by atoms with E-state index in [1.54, 1.807) is 13.8 Å². The third-order valence-corrected chi connectivity index (χ3v) is 1.15. The summed E-state index contributed by atoms with van der Waals surface area (Å²) in [4.78, 5) is 10.3. The van der Waals surface area contributed by atoms with Crippen molar-refractivity contribution < 1.29 is 9.90 Å². The molecule has 0 aromatic heterocycles. The van der Waals surface area contributed by atoms with Crippen LogP contribution in [0, 0.1) is 0 Å². The standard InChI is InChI=1S/C6H13NO2.C2H6/c1-4-7-6(2,3)5(8)9;1-2/h7H,4H2,1-3H3,(H,8,9);1-2H3. The summed E-state index contributed by atoms with van der Waals surface area (Å²) < 4.78 is 0. The Balaban J connectivity index is 0. The summed E-state index contributed by atoms with van der Waals surface area (Å²) in [6.07, 6.45) is 0. The van der Waals surface area contributed by atoms with Gasteiger partial charge in [0.05, 0.1) is 0 Å². The SMILES string of the molecule is CC.CCNC(C)(C)C(=O)O. The highest BCUT2D eigenvalue weighted by Crippen LogP contribution is 1.99. The number of carboxylic acid groups (broad SMARTS) is 1. The zero-order valence-corrected chi connectivity index (χ0v) is 8.06. The first-order valence-electron chi connectivity index (χ1n) is 3.99. The molecule has 0 amide bonds. The van der Waals surface area contributed by atoms with E-state index in [2.05, 4.69) is 5.32 Å². The van der Waals surface area contributed by atoms with Crippen LogP contribution in [0.4, 0.5) is 0 Å². The average Bonchev–Trinajstić information content (AvgIpc) is 1.92. The fourth-order valence-corrected chi connectivity index (χ4v) is 0.518. The Morgan fingerprint density at radius 2 is 1.82 bits per heavy atom. The summed E-state index contributed by atoms with van der Waals surface area (Å²) in [7, 11) is 0. The Morgan fingerprint density at radius 1 is 1.45 bits per heavy atom. The summed E-state index contributed by atoms with van der Waals surface area (Å²) in [6.45, 7) is 9.83. The van der Waals surface area contributed by atoms with Crippen LogP contribution in [0.3, 0.4) is 0 Å². The highest BCUT2D eigenvalue weighted by Gasteiger charge is 2.24. The van der Waals surface area contributed by atoms with Gasteiger partial charge in [-0.2, -0.15) is 0 Å².